The van der Waals surface area contributed by atoms with Gasteiger partial charge in [0.15, 0.2) is 0 Å². The van der Waals surface area contributed by atoms with Crippen molar-refractivity contribution in [3.63, 3.8) is 0 Å². The van der Waals surface area contributed by atoms with E-state index in [2.05, 4.69) is 17.6 Å². The van der Waals surface area contributed by atoms with Gasteiger partial charge in [-0.05, 0) is 48.1 Å². The molecule has 0 radical (unpaired) electrons. The molecule has 25 heavy (non-hydrogen) atoms. The van der Waals surface area contributed by atoms with Gasteiger partial charge in [-0.25, -0.2) is 0 Å². The first-order valence-corrected chi connectivity index (χ1v) is 8.60. The fourth-order valence-electron chi connectivity index (χ4n) is 3.45. The highest BCUT2D eigenvalue weighted by Gasteiger charge is 2.36. The Morgan fingerprint density at radius 3 is 2.48 bits per heavy atom. The summed E-state index contributed by atoms with van der Waals surface area (Å²) in [7, 11) is 0. The number of benzene rings is 1. The van der Waals surface area contributed by atoms with Gasteiger partial charge < -0.3 is 0 Å². The summed E-state index contributed by atoms with van der Waals surface area (Å²) < 4.78 is 37.9. The molecule has 1 atom stereocenters. The van der Waals surface area contributed by atoms with E-state index in [4.69, 9.17) is 0 Å². The zero-order valence-corrected chi connectivity index (χ0v) is 15.2. The minimum atomic E-state index is -4.16. The molecule has 0 aromatic heterocycles. The van der Waals surface area contributed by atoms with Crippen LogP contribution in [-0.2, 0) is 0 Å². The average Bonchev–Trinajstić information content (AvgIpc) is 2.91. The van der Waals surface area contributed by atoms with E-state index in [0.717, 1.165) is 33.5 Å². The van der Waals surface area contributed by atoms with E-state index in [0.29, 0.717) is 5.71 Å². The van der Waals surface area contributed by atoms with Gasteiger partial charge in [-0.1, -0.05) is 50.8 Å². The molecule has 1 heterocycles. The molecule has 1 aromatic rings. The Kier molecular flexibility index (Phi) is 5.71. The van der Waals surface area contributed by atoms with Crippen LogP contribution in [0, 0.1) is 0 Å². The van der Waals surface area contributed by atoms with Gasteiger partial charge >= 0.3 is 6.18 Å². The molecule has 0 fully saturated rings. The van der Waals surface area contributed by atoms with Crippen LogP contribution >= 0.6 is 0 Å². The zero-order valence-electron chi connectivity index (χ0n) is 15.2. The quantitative estimate of drug-likeness (QED) is 0.562. The van der Waals surface area contributed by atoms with Crippen molar-refractivity contribution in [3.05, 3.63) is 58.3 Å². The van der Waals surface area contributed by atoms with Gasteiger partial charge in [-0.3, -0.25) is 4.99 Å². The summed E-state index contributed by atoms with van der Waals surface area (Å²) >= 11 is 0. The van der Waals surface area contributed by atoms with Crippen LogP contribution in [0.3, 0.4) is 0 Å². The van der Waals surface area contributed by atoms with Crippen LogP contribution in [0.4, 0.5) is 13.2 Å². The molecule has 4 heteroatoms. The van der Waals surface area contributed by atoms with Crippen LogP contribution < -0.4 is 0 Å². The number of allylic oxidation sites excluding steroid dienone is 3. The Labute approximate surface area is 147 Å². The largest absolute Gasteiger partial charge is 0.389 e. The van der Waals surface area contributed by atoms with E-state index in [9.17, 15) is 13.2 Å². The molecular formula is C21H24F3N. The lowest BCUT2D eigenvalue weighted by molar-refractivity contribution is -0.132. The van der Waals surface area contributed by atoms with Crippen molar-refractivity contribution in [1.82, 2.24) is 0 Å². The minimum Gasteiger partial charge on any atom is -0.261 e. The number of rotatable bonds is 3. The van der Waals surface area contributed by atoms with Gasteiger partial charge in [0.2, 0.25) is 0 Å². The maximum absolute atomic E-state index is 12.6. The fourth-order valence-corrected chi connectivity index (χ4v) is 3.45. The second-order valence-corrected chi connectivity index (χ2v) is 6.07. The number of fused-ring (bicyclic) bond motifs is 3. The van der Waals surface area contributed by atoms with Crippen LogP contribution in [0.2, 0.25) is 0 Å². The minimum absolute atomic E-state index is 0.0555. The molecule has 1 aliphatic heterocycles. The van der Waals surface area contributed by atoms with Crippen LogP contribution in [0.5, 0.6) is 0 Å². The normalized spacial score (nSPS) is 18.6. The molecule has 0 N–H and O–H groups in total. The predicted octanol–water partition coefficient (Wildman–Crippen LogP) is 6.93. The van der Waals surface area contributed by atoms with Gasteiger partial charge in [-0.15, -0.1) is 0 Å². The first-order chi connectivity index (χ1) is 11.8. The monoisotopic (exact) mass is 347 g/mol. The molecule has 0 bridgehead atoms. The molecule has 1 unspecified atom stereocenters. The lowest BCUT2D eigenvalue weighted by Crippen LogP contribution is -2.19. The van der Waals surface area contributed by atoms with E-state index in [1.807, 2.05) is 45.9 Å². The molecule has 0 spiro atoms. The smallest absolute Gasteiger partial charge is 0.261 e. The SMILES string of the molecule is C=Cc1ccc2c(c1)C1C(CCC(F)(F)F)=NC(C)=C1C(C)=C2.CC. The molecule has 2 aliphatic rings. The number of hydrogen-bond acceptors (Lipinski definition) is 1. The topological polar surface area (TPSA) is 12.4 Å². The molecule has 0 amide bonds. The molecule has 1 nitrogen and oxygen atoms in total. The highest BCUT2D eigenvalue weighted by atomic mass is 19.4. The van der Waals surface area contributed by atoms with E-state index in [1.54, 1.807) is 6.08 Å². The first-order valence-electron chi connectivity index (χ1n) is 8.60. The Bertz CT molecular complexity index is 764. The van der Waals surface area contributed by atoms with Gasteiger partial charge in [0, 0.05) is 17.8 Å². The third-order valence-electron chi connectivity index (χ3n) is 4.44. The third kappa shape index (κ3) is 3.94. The highest BCUT2D eigenvalue weighted by molar-refractivity contribution is 6.00. The van der Waals surface area contributed by atoms with Crippen LogP contribution in [-0.4, -0.2) is 11.9 Å². The number of hydrogen-bond donors (Lipinski definition) is 0. The molecule has 0 saturated heterocycles. The molecule has 0 saturated carbocycles. The summed E-state index contributed by atoms with van der Waals surface area (Å²) in [6.07, 6.45) is -1.21. The number of halogens is 3. The van der Waals surface area contributed by atoms with Gasteiger partial charge in [0.1, 0.15) is 0 Å². The summed E-state index contributed by atoms with van der Waals surface area (Å²) in [5, 5.41) is 0. The molecular weight excluding hydrogens is 323 g/mol. The Morgan fingerprint density at radius 2 is 1.88 bits per heavy atom. The summed E-state index contributed by atoms with van der Waals surface area (Å²) in [5.74, 6) is -0.155. The fraction of sp³-hybridized carbons (Fsp3) is 0.381. The third-order valence-corrected chi connectivity index (χ3v) is 4.44. The van der Waals surface area contributed by atoms with Crippen molar-refractivity contribution in [3.8, 4) is 0 Å². The summed E-state index contributed by atoms with van der Waals surface area (Å²) in [6.45, 7) is 11.7. The van der Waals surface area contributed by atoms with Crippen molar-refractivity contribution in [1.29, 1.82) is 0 Å². The van der Waals surface area contributed by atoms with E-state index >= 15 is 0 Å². The standard InChI is InChI=1S/C19H18F3N.C2H6/c1-4-13-5-6-14-9-11(2)17-12(3)23-16(7-8-19(20,21)22)18(17)15(14)10-13;1-2/h4-6,9-10,18H,1,7-8H2,2-3H3;1-2H3. The maximum atomic E-state index is 12.6. The number of nitrogens with zero attached hydrogens (tertiary/aromatic N) is 1. The van der Waals surface area contributed by atoms with Gasteiger partial charge in [-0.2, -0.15) is 13.2 Å². The van der Waals surface area contributed by atoms with E-state index < -0.39 is 12.6 Å². The van der Waals surface area contributed by atoms with Gasteiger partial charge in [0.05, 0.1) is 5.92 Å². The van der Waals surface area contributed by atoms with Gasteiger partial charge in [0.25, 0.3) is 0 Å². The lowest BCUT2D eigenvalue weighted by Gasteiger charge is -2.26. The van der Waals surface area contributed by atoms with Crippen molar-refractivity contribution < 1.29 is 13.2 Å². The van der Waals surface area contributed by atoms with Crippen molar-refractivity contribution in [2.45, 2.75) is 52.6 Å². The summed E-state index contributed by atoms with van der Waals surface area (Å²) in [5.41, 5.74) is 6.63. The summed E-state index contributed by atoms with van der Waals surface area (Å²) in [4.78, 5) is 4.47. The van der Waals surface area contributed by atoms with E-state index in [1.165, 1.54) is 0 Å². The van der Waals surface area contributed by atoms with Crippen LogP contribution in [0.15, 0.2) is 46.6 Å². The second kappa shape index (κ2) is 7.42. The number of alkyl halides is 3. The lowest BCUT2D eigenvalue weighted by atomic mass is 9.76. The molecule has 134 valence electrons. The zero-order chi connectivity index (χ0) is 18.8. The average molecular weight is 347 g/mol. The van der Waals surface area contributed by atoms with Crippen molar-refractivity contribution in [2.24, 2.45) is 4.99 Å². The van der Waals surface area contributed by atoms with Crippen molar-refractivity contribution in [2.75, 3.05) is 0 Å². The predicted molar refractivity (Wildman–Crippen MR) is 99.7 cm³/mol. The number of aliphatic imine (C=N–C) groups is 1. The van der Waals surface area contributed by atoms with E-state index in [-0.39, 0.29) is 12.3 Å². The van der Waals surface area contributed by atoms with Crippen molar-refractivity contribution >= 4 is 17.9 Å². The Morgan fingerprint density at radius 1 is 1.20 bits per heavy atom. The molecule has 3 rings (SSSR count). The molecule has 1 aliphatic carbocycles. The van der Waals surface area contributed by atoms with Crippen LogP contribution in [0.25, 0.3) is 12.2 Å². The maximum Gasteiger partial charge on any atom is 0.389 e. The second-order valence-electron chi connectivity index (χ2n) is 6.07. The summed E-state index contributed by atoms with van der Waals surface area (Å²) in [6, 6.07) is 5.98. The van der Waals surface area contributed by atoms with Crippen LogP contribution in [0.1, 0.15) is 63.1 Å². The highest BCUT2D eigenvalue weighted by Crippen LogP contribution is 2.46. The first kappa shape index (κ1) is 19.2. The Balaban J connectivity index is 0.00000109. The molecule has 1 aromatic carbocycles. The Hall–Kier alpha value is -2.10.